The number of hydrogen-bond acceptors (Lipinski definition) is 10. The number of rotatable bonds is 4. The van der Waals surface area contributed by atoms with Crippen LogP contribution in [0.2, 0.25) is 0 Å². The Kier molecular flexibility index (Phi) is 7.10. The molecule has 0 aliphatic heterocycles. The zero-order valence-corrected chi connectivity index (χ0v) is 23.3. The summed E-state index contributed by atoms with van der Waals surface area (Å²) in [7, 11) is 9.58. The van der Waals surface area contributed by atoms with E-state index in [9.17, 15) is 39.6 Å². The molecule has 216 valence electrons. The first-order valence-electron chi connectivity index (χ1n) is 12.7. The lowest BCUT2D eigenvalue weighted by atomic mass is 9.59. The molecule has 0 saturated heterocycles. The van der Waals surface area contributed by atoms with Crippen molar-refractivity contribution in [3.05, 3.63) is 39.9 Å². The Hall–Kier alpha value is -4.10. The van der Waals surface area contributed by atoms with Crippen LogP contribution in [0.15, 0.2) is 28.7 Å². The Morgan fingerprint density at radius 2 is 1.65 bits per heavy atom. The number of Topliss-reactive ketones (excluding diaryl/α,β-unsaturated/α-hetero) is 1. The SMILES string of the molecule is CN(C)C(=O)C(=O)Nc1cc(N(C)C)c2c(c1O)CC1=C(O)C3(O)C(O)=C(C(N)=O)C(=O)[C@@H](N(C)C)C3CC1C2. The molecule has 0 saturated carbocycles. The van der Waals surface area contributed by atoms with Crippen LogP contribution in [-0.2, 0) is 32.0 Å². The number of aliphatic hydroxyl groups is 3. The van der Waals surface area contributed by atoms with Crippen LogP contribution in [0.1, 0.15) is 17.5 Å². The highest BCUT2D eigenvalue weighted by Crippen LogP contribution is 2.54. The fraction of sp³-hybridized carbons (Fsp3) is 0.481. The number of aliphatic hydroxyl groups excluding tert-OH is 2. The molecule has 7 N–H and O–H groups in total. The van der Waals surface area contributed by atoms with Crippen molar-refractivity contribution in [2.75, 3.05) is 52.5 Å². The number of anilines is 2. The number of likely N-dealkylation sites (N-methyl/N-ethyl adjacent to an activating group) is 2. The van der Waals surface area contributed by atoms with E-state index in [2.05, 4.69) is 5.32 Å². The van der Waals surface area contributed by atoms with Crippen LogP contribution in [0, 0.1) is 11.8 Å². The third-order valence-corrected chi connectivity index (χ3v) is 8.17. The van der Waals surface area contributed by atoms with Gasteiger partial charge in [0.15, 0.2) is 11.4 Å². The van der Waals surface area contributed by atoms with E-state index in [1.54, 1.807) is 39.2 Å². The number of carbonyl (C=O) groups is 4. The second kappa shape index (κ2) is 9.82. The first-order chi connectivity index (χ1) is 18.5. The summed E-state index contributed by atoms with van der Waals surface area (Å²) in [6, 6.07) is 0.505. The molecule has 0 heterocycles. The molecule has 0 radical (unpaired) electrons. The number of nitrogens with two attached hydrogens (primary N) is 1. The molecule has 40 heavy (non-hydrogen) atoms. The summed E-state index contributed by atoms with van der Waals surface area (Å²) in [6.45, 7) is 0. The number of amides is 3. The van der Waals surface area contributed by atoms with Gasteiger partial charge in [-0.05, 0) is 50.1 Å². The van der Waals surface area contributed by atoms with Crippen molar-refractivity contribution in [2.24, 2.45) is 17.6 Å². The summed E-state index contributed by atoms with van der Waals surface area (Å²) >= 11 is 0. The van der Waals surface area contributed by atoms with Gasteiger partial charge in [0.25, 0.3) is 5.91 Å². The standard InChI is InChI=1S/C27H35N5O8/c1-30(2)17-10-16(29-25(38)26(39)32(5)6)20(33)14-9-12-11(7-13(14)17)8-15-19(31(3)4)21(34)18(24(28)37)23(36)27(15,40)22(12)35/h10-11,15,19,33,35-36,40H,7-9H2,1-6H3,(H2,28,37)(H,29,38)/t11?,15?,19-,27?/m0/s1. The molecule has 0 spiro atoms. The molecule has 3 aliphatic rings. The lowest BCUT2D eigenvalue weighted by Gasteiger charge is -2.51. The number of carbonyl (C=O) groups excluding carboxylic acids is 4. The molecular weight excluding hydrogens is 522 g/mol. The summed E-state index contributed by atoms with van der Waals surface area (Å²) < 4.78 is 0. The van der Waals surface area contributed by atoms with E-state index in [4.69, 9.17) is 5.73 Å². The second-order valence-corrected chi connectivity index (χ2v) is 11.2. The van der Waals surface area contributed by atoms with Crippen molar-refractivity contribution in [2.45, 2.75) is 30.9 Å². The maximum atomic E-state index is 13.2. The third-order valence-electron chi connectivity index (χ3n) is 8.17. The fourth-order valence-electron chi connectivity index (χ4n) is 6.26. The van der Waals surface area contributed by atoms with Crippen molar-refractivity contribution in [1.82, 2.24) is 9.80 Å². The van der Waals surface area contributed by atoms with Crippen molar-refractivity contribution in [1.29, 1.82) is 0 Å². The van der Waals surface area contributed by atoms with E-state index in [0.29, 0.717) is 23.2 Å². The molecular formula is C27H35N5O8. The molecule has 0 fully saturated rings. The Morgan fingerprint density at radius 3 is 2.17 bits per heavy atom. The van der Waals surface area contributed by atoms with E-state index >= 15 is 0 Å². The van der Waals surface area contributed by atoms with Gasteiger partial charge in [0.2, 0.25) is 0 Å². The van der Waals surface area contributed by atoms with Crippen molar-refractivity contribution in [3.63, 3.8) is 0 Å². The minimum Gasteiger partial charge on any atom is -0.509 e. The van der Waals surface area contributed by atoms with E-state index in [1.807, 2.05) is 0 Å². The minimum atomic E-state index is -2.46. The summed E-state index contributed by atoms with van der Waals surface area (Å²) in [5, 5.41) is 47.9. The third kappa shape index (κ3) is 4.16. The van der Waals surface area contributed by atoms with Crippen LogP contribution in [-0.4, -0.2) is 108 Å². The molecule has 3 aliphatic carbocycles. The van der Waals surface area contributed by atoms with Crippen LogP contribution in [0.3, 0.4) is 0 Å². The van der Waals surface area contributed by atoms with E-state index in [1.165, 1.54) is 19.0 Å². The number of nitrogens with one attached hydrogen (secondary N) is 1. The van der Waals surface area contributed by atoms with Gasteiger partial charge in [0.05, 0.1) is 11.7 Å². The fourth-order valence-corrected chi connectivity index (χ4v) is 6.26. The quantitative estimate of drug-likeness (QED) is 0.161. The van der Waals surface area contributed by atoms with Crippen LogP contribution < -0.4 is 16.0 Å². The monoisotopic (exact) mass is 557 g/mol. The Labute approximate surface area is 231 Å². The van der Waals surface area contributed by atoms with Gasteiger partial charge in [0, 0.05) is 51.8 Å². The highest BCUT2D eigenvalue weighted by molar-refractivity contribution is 6.39. The molecule has 0 aromatic heterocycles. The normalized spacial score (nSPS) is 25.7. The summed E-state index contributed by atoms with van der Waals surface area (Å²) in [6.07, 6.45) is 0.400. The average molecular weight is 558 g/mol. The first-order valence-corrected chi connectivity index (χ1v) is 12.7. The number of phenolic OH excluding ortho intramolecular Hbond substituents is 1. The van der Waals surface area contributed by atoms with E-state index in [-0.39, 0.29) is 30.2 Å². The highest BCUT2D eigenvalue weighted by atomic mass is 16.4. The number of phenols is 1. The number of allylic oxidation sites excluding steroid dienone is 1. The Bertz CT molecular complexity index is 1400. The lowest BCUT2D eigenvalue weighted by molar-refractivity contribution is -0.141. The largest absolute Gasteiger partial charge is 0.509 e. The minimum absolute atomic E-state index is 0.0109. The first kappa shape index (κ1) is 28.9. The van der Waals surface area contributed by atoms with Gasteiger partial charge in [-0.15, -0.1) is 0 Å². The number of aromatic hydroxyl groups is 1. The number of primary amides is 1. The maximum Gasteiger partial charge on any atom is 0.313 e. The van der Waals surface area contributed by atoms with E-state index in [0.717, 1.165) is 10.5 Å². The highest BCUT2D eigenvalue weighted by Gasteiger charge is 2.61. The molecule has 4 rings (SSSR count). The topological polar surface area (TPSA) is 197 Å². The van der Waals surface area contributed by atoms with Crippen molar-refractivity contribution < 1.29 is 39.6 Å². The van der Waals surface area contributed by atoms with Gasteiger partial charge in [-0.25, -0.2) is 0 Å². The molecule has 1 aromatic rings. The predicted octanol–water partition coefficient (Wildman–Crippen LogP) is -0.427. The van der Waals surface area contributed by atoms with Crippen LogP contribution in [0.4, 0.5) is 11.4 Å². The van der Waals surface area contributed by atoms with Gasteiger partial charge in [-0.3, -0.25) is 24.1 Å². The summed E-state index contributed by atoms with van der Waals surface area (Å²) in [4.78, 5) is 54.3. The molecule has 1 aromatic carbocycles. The second-order valence-electron chi connectivity index (χ2n) is 11.2. The number of nitrogens with zero attached hydrogens (tertiary/aromatic N) is 3. The van der Waals surface area contributed by atoms with Gasteiger partial charge in [-0.2, -0.15) is 0 Å². The number of benzene rings is 1. The number of ketones is 1. The van der Waals surface area contributed by atoms with Crippen molar-refractivity contribution >= 4 is 34.9 Å². The Balaban J connectivity index is 1.89. The van der Waals surface area contributed by atoms with Crippen LogP contribution in [0.5, 0.6) is 5.75 Å². The summed E-state index contributed by atoms with van der Waals surface area (Å²) in [5.41, 5.74) is 4.19. The lowest BCUT2D eigenvalue weighted by Crippen LogP contribution is -2.62. The summed E-state index contributed by atoms with van der Waals surface area (Å²) in [5.74, 6) is -7.04. The average Bonchev–Trinajstić information content (AvgIpc) is 2.86. The molecule has 13 heteroatoms. The molecule has 13 nitrogen and oxygen atoms in total. The Morgan fingerprint density at radius 1 is 1.02 bits per heavy atom. The van der Waals surface area contributed by atoms with Gasteiger partial charge in [-0.1, -0.05) is 0 Å². The molecule has 3 unspecified atom stereocenters. The number of hydrogen-bond donors (Lipinski definition) is 6. The number of fused-ring (bicyclic) bond motifs is 3. The zero-order valence-electron chi connectivity index (χ0n) is 23.3. The van der Waals surface area contributed by atoms with Gasteiger partial charge in [0.1, 0.15) is 22.8 Å². The van der Waals surface area contributed by atoms with Crippen LogP contribution >= 0.6 is 0 Å². The molecule has 3 amide bonds. The molecule has 0 bridgehead atoms. The zero-order chi connectivity index (χ0) is 30.0. The van der Waals surface area contributed by atoms with Gasteiger partial charge < -0.3 is 41.3 Å². The predicted molar refractivity (Wildman–Crippen MR) is 145 cm³/mol. The van der Waals surface area contributed by atoms with E-state index < -0.39 is 58.2 Å². The molecule has 4 atom stereocenters. The van der Waals surface area contributed by atoms with Crippen molar-refractivity contribution in [3.8, 4) is 5.75 Å². The maximum absolute atomic E-state index is 13.2. The van der Waals surface area contributed by atoms with Crippen LogP contribution in [0.25, 0.3) is 0 Å². The smallest absolute Gasteiger partial charge is 0.313 e. The van der Waals surface area contributed by atoms with Gasteiger partial charge >= 0.3 is 11.8 Å².